The van der Waals surface area contributed by atoms with Gasteiger partial charge in [-0.1, -0.05) is 6.07 Å². The summed E-state index contributed by atoms with van der Waals surface area (Å²) in [4.78, 5) is 0. The molecule has 0 fully saturated rings. The molecule has 1 rings (SSSR count). The molecule has 1 aromatic carbocycles. The normalized spacial score (nSPS) is 13.2. The van der Waals surface area contributed by atoms with Crippen molar-refractivity contribution in [1.29, 1.82) is 0 Å². The Labute approximate surface area is 129 Å². The van der Waals surface area contributed by atoms with Crippen LogP contribution in [-0.2, 0) is 11.3 Å². The van der Waals surface area contributed by atoms with Crippen LogP contribution in [0.4, 0.5) is 13.2 Å². The average molecular weight is 372 g/mol. The van der Waals surface area contributed by atoms with E-state index in [-0.39, 0.29) is 22.9 Å². The van der Waals surface area contributed by atoms with Crippen molar-refractivity contribution in [1.82, 2.24) is 5.32 Å². The fourth-order valence-corrected chi connectivity index (χ4v) is 2.23. The maximum Gasteiger partial charge on any atom is 0.573 e. The number of aliphatic hydroxyl groups excluding tert-OH is 1. The number of alkyl halides is 3. The molecule has 0 amide bonds. The van der Waals surface area contributed by atoms with Crippen LogP contribution in [0.1, 0.15) is 12.0 Å². The Morgan fingerprint density at radius 1 is 1.38 bits per heavy atom. The second kappa shape index (κ2) is 8.57. The summed E-state index contributed by atoms with van der Waals surface area (Å²) in [5, 5.41) is 12.1. The highest BCUT2D eigenvalue weighted by Crippen LogP contribution is 2.31. The van der Waals surface area contributed by atoms with E-state index in [1.165, 1.54) is 6.07 Å². The van der Waals surface area contributed by atoms with Crippen molar-refractivity contribution >= 4 is 15.9 Å². The van der Waals surface area contributed by atoms with Gasteiger partial charge in [-0.3, -0.25) is 0 Å². The molecule has 0 bridgehead atoms. The van der Waals surface area contributed by atoms with Crippen molar-refractivity contribution in [3.63, 3.8) is 0 Å². The van der Waals surface area contributed by atoms with E-state index in [0.29, 0.717) is 19.6 Å². The standard InChI is InChI=1S/C13H17BrF3NO3/c1-20-8-10(4-5-19)18-7-9-2-3-12(11(14)6-9)21-13(15,16)17/h2-3,6,10,18-19H,4-5,7-8H2,1H3. The molecule has 0 aliphatic rings. The molecule has 0 aliphatic heterocycles. The van der Waals surface area contributed by atoms with E-state index in [2.05, 4.69) is 26.0 Å². The largest absolute Gasteiger partial charge is 0.573 e. The van der Waals surface area contributed by atoms with Crippen molar-refractivity contribution in [3.8, 4) is 5.75 Å². The van der Waals surface area contributed by atoms with Crippen LogP contribution < -0.4 is 10.1 Å². The lowest BCUT2D eigenvalue weighted by molar-refractivity contribution is -0.274. The summed E-state index contributed by atoms with van der Waals surface area (Å²) in [5.41, 5.74) is 0.787. The summed E-state index contributed by atoms with van der Waals surface area (Å²) in [6, 6.07) is 4.33. The maximum atomic E-state index is 12.2. The molecule has 0 heterocycles. The minimum Gasteiger partial charge on any atom is -0.405 e. The molecule has 120 valence electrons. The van der Waals surface area contributed by atoms with Crippen LogP contribution in [0.5, 0.6) is 5.75 Å². The molecule has 0 aliphatic carbocycles. The highest BCUT2D eigenvalue weighted by Gasteiger charge is 2.31. The molecule has 0 aromatic heterocycles. The van der Waals surface area contributed by atoms with Gasteiger partial charge < -0.3 is 19.9 Å². The molecular formula is C13H17BrF3NO3. The Morgan fingerprint density at radius 2 is 2.10 bits per heavy atom. The van der Waals surface area contributed by atoms with Crippen LogP contribution in [-0.4, -0.2) is 37.8 Å². The number of aliphatic hydroxyl groups is 1. The van der Waals surface area contributed by atoms with E-state index < -0.39 is 6.36 Å². The number of hydrogen-bond acceptors (Lipinski definition) is 4. The Hall–Kier alpha value is -0.830. The van der Waals surface area contributed by atoms with E-state index in [1.54, 1.807) is 19.2 Å². The summed E-state index contributed by atoms with van der Waals surface area (Å²) < 4.78 is 45.6. The predicted molar refractivity (Wildman–Crippen MR) is 75.0 cm³/mol. The van der Waals surface area contributed by atoms with Gasteiger partial charge >= 0.3 is 6.36 Å². The average Bonchev–Trinajstić information content (AvgIpc) is 2.38. The van der Waals surface area contributed by atoms with Gasteiger partial charge in [-0.05, 0) is 40.0 Å². The lowest BCUT2D eigenvalue weighted by Gasteiger charge is -2.17. The number of nitrogens with one attached hydrogen (secondary N) is 1. The summed E-state index contributed by atoms with van der Waals surface area (Å²) in [5.74, 6) is -0.282. The number of ether oxygens (including phenoxy) is 2. The van der Waals surface area contributed by atoms with E-state index in [1.807, 2.05) is 0 Å². The third-order valence-corrected chi connectivity index (χ3v) is 3.28. The van der Waals surface area contributed by atoms with Gasteiger partial charge in [0, 0.05) is 26.3 Å². The van der Waals surface area contributed by atoms with Crippen LogP contribution >= 0.6 is 15.9 Å². The van der Waals surface area contributed by atoms with Crippen molar-refractivity contribution in [2.45, 2.75) is 25.4 Å². The fraction of sp³-hybridized carbons (Fsp3) is 0.538. The number of rotatable bonds is 8. The van der Waals surface area contributed by atoms with Crippen molar-refractivity contribution < 1.29 is 27.8 Å². The van der Waals surface area contributed by atoms with E-state index in [9.17, 15) is 13.2 Å². The first-order chi connectivity index (χ1) is 9.85. The lowest BCUT2D eigenvalue weighted by atomic mass is 10.2. The van der Waals surface area contributed by atoms with Gasteiger partial charge in [0.2, 0.25) is 0 Å². The van der Waals surface area contributed by atoms with Crippen LogP contribution in [0.3, 0.4) is 0 Å². The van der Waals surface area contributed by atoms with Gasteiger partial charge in [0.15, 0.2) is 0 Å². The predicted octanol–water partition coefficient (Wildman–Crippen LogP) is 2.83. The van der Waals surface area contributed by atoms with E-state index in [4.69, 9.17) is 9.84 Å². The minimum absolute atomic E-state index is 0.0233. The van der Waals surface area contributed by atoms with Gasteiger partial charge in [0.1, 0.15) is 5.75 Å². The first kappa shape index (κ1) is 18.2. The smallest absolute Gasteiger partial charge is 0.405 e. The maximum absolute atomic E-state index is 12.2. The highest BCUT2D eigenvalue weighted by molar-refractivity contribution is 9.10. The number of benzene rings is 1. The molecule has 0 radical (unpaired) electrons. The first-order valence-corrected chi connectivity index (χ1v) is 7.02. The van der Waals surface area contributed by atoms with Gasteiger partial charge in [0.05, 0.1) is 11.1 Å². The third-order valence-electron chi connectivity index (χ3n) is 2.66. The van der Waals surface area contributed by atoms with Gasteiger partial charge in [-0.2, -0.15) is 0 Å². The molecular weight excluding hydrogens is 355 g/mol. The quantitative estimate of drug-likeness (QED) is 0.737. The van der Waals surface area contributed by atoms with Crippen LogP contribution in [0, 0.1) is 0 Å². The van der Waals surface area contributed by atoms with Crippen molar-refractivity contribution in [3.05, 3.63) is 28.2 Å². The Kier molecular flexibility index (Phi) is 7.44. The molecule has 21 heavy (non-hydrogen) atoms. The Balaban J connectivity index is 2.62. The summed E-state index contributed by atoms with van der Waals surface area (Å²) in [6.45, 7) is 0.916. The zero-order chi connectivity index (χ0) is 15.9. The molecule has 8 heteroatoms. The van der Waals surface area contributed by atoms with Crippen molar-refractivity contribution in [2.75, 3.05) is 20.3 Å². The Morgan fingerprint density at radius 3 is 2.62 bits per heavy atom. The number of halogens is 4. The topological polar surface area (TPSA) is 50.7 Å². The number of methoxy groups -OCH3 is 1. The lowest BCUT2D eigenvalue weighted by Crippen LogP contribution is -2.33. The van der Waals surface area contributed by atoms with Crippen molar-refractivity contribution in [2.24, 2.45) is 0 Å². The SMILES string of the molecule is COCC(CCO)NCc1ccc(OC(F)(F)F)c(Br)c1. The monoisotopic (exact) mass is 371 g/mol. The van der Waals surface area contributed by atoms with E-state index >= 15 is 0 Å². The molecule has 0 saturated heterocycles. The molecule has 1 unspecified atom stereocenters. The van der Waals surface area contributed by atoms with Gasteiger partial charge in [0.25, 0.3) is 0 Å². The van der Waals surface area contributed by atoms with Gasteiger partial charge in [-0.25, -0.2) is 0 Å². The molecule has 0 saturated carbocycles. The van der Waals surface area contributed by atoms with Crippen LogP contribution in [0.15, 0.2) is 22.7 Å². The first-order valence-electron chi connectivity index (χ1n) is 6.23. The fourth-order valence-electron chi connectivity index (χ4n) is 1.73. The summed E-state index contributed by atoms with van der Waals surface area (Å²) in [7, 11) is 1.56. The van der Waals surface area contributed by atoms with Crippen LogP contribution in [0.25, 0.3) is 0 Å². The molecule has 1 aromatic rings. The second-order valence-corrected chi connectivity index (χ2v) is 5.21. The summed E-state index contributed by atoms with van der Waals surface area (Å²) in [6.07, 6.45) is -4.18. The zero-order valence-corrected chi connectivity index (χ0v) is 13.0. The second-order valence-electron chi connectivity index (χ2n) is 4.36. The minimum atomic E-state index is -4.72. The number of hydrogen-bond donors (Lipinski definition) is 2. The highest BCUT2D eigenvalue weighted by atomic mass is 79.9. The zero-order valence-electron chi connectivity index (χ0n) is 11.4. The summed E-state index contributed by atoms with van der Waals surface area (Å²) >= 11 is 3.05. The van der Waals surface area contributed by atoms with Gasteiger partial charge in [-0.15, -0.1) is 13.2 Å². The molecule has 2 N–H and O–H groups in total. The third kappa shape index (κ3) is 7.12. The Bertz CT molecular complexity index is 437. The van der Waals surface area contributed by atoms with E-state index in [0.717, 1.165) is 5.56 Å². The van der Waals surface area contributed by atoms with Crippen LogP contribution in [0.2, 0.25) is 0 Å². The molecule has 0 spiro atoms. The molecule has 1 atom stereocenters. The molecule has 4 nitrogen and oxygen atoms in total.